The van der Waals surface area contributed by atoms with Gasteiger partial charge in [-0.05, 0) is 18.2 Å². The van der Waals surface area contributed by atoms with Crippen molar-refractivity contribution in [2.24, 2.45) is 0 Å². The first-order valence-corrected chi connectivity index (χ1v) is 7.64. The Hall–Kier alpha value is -2.67. The molecular weight excluding hydrogens is 294 g/mol. The van der Waals surface area contributed by atoms with Crippen LogP contribution in [0.2, 0.25) is 0 Å². The van der Waals surface area contributed by atoms with Gasteiger partial charge in [0, 0.05) is 32.4 Å². The minimum atomic E-state index is -0.776. The number of carboxylic acids is 1. The molecule has 23 heavy (non-hydrogen) atoms. The number of aromatic nitrogens is 3. The van der Waals surface area contributed by atoms with E-state index in [1.807, 2.05) is 45.8 Å². The maximum absolute atomic E-state index is 10.8. The molecule has 0 unspecified atom stereocenters. The number of hydrogen-bond donors (Lipinski definition) is 1. The maximum Gasteiger partial charge on any atom is 0.317 e. The Bertz CT molecular complexity index is 867. The van der Waals surface area contributed by atoms with Crippen LogP contribution in [-0.4, -0.2) is 63.1 Å². The number of rotatable bonds is 3. The number of para-hydroxylation sites is 2. The third kappa shape index (κ3) is 2.59. The van der Waals surface area contributed by atoms with Crippen molar-refractivity contribution in [3.05, 3.63) is 36.5 Å². The highest BCUT2D eigenvalue weighted by molar-refractivity contribution is 5.79. The summed E-state index contributed by atoms with van der Waals surface area (Å²) in [6, 6.07) is 9.97. The van der Waals surface area contributed by atoms with E-state index in [4.69, 9.17) is 5.11 Å². The molecule has 0 aliphatic carbocycles. The van der Waals surface area contributed by atoms with Crippen LogP contribution in [0.3, 0.4) is 0 Å². The monoisotopic (exact) mass is 311 g/mol. The molecule has 3 heterocycles. The first-order chi connectivity index (χ1) is 11.2. The van der Waals surface area contributed by atoms with E-state index in [1.165, 1.54) is 0 Å². The van der Waals surface area contributed by atoms with Gasteiger partial charge in [0.2, 0.25) is 5.78 Å². The maximum atomic E-state index is 10.8. The van der Waals surface area contributed by atoms with Gasteiger partial charge in [-0.3, -0.25) is 14.1 Å². The van der Waals surface area contributed by atoms with Crippen LogP contribution in [0.25, 0.3) is 16.8 Å². The summed E-state index contributed by atoms with van der Waals surface area (Å²) in [6.07, 6.45) is 2.00. The summed E-state index contributed by atoms with van der Waals surface area (Å²) < 4.78 is 1.99. The van der Waals surface area contributed by atoms with Gasteiger partial charge in [0.25, 0.3) is 0 Å². The Labute approximate surface area is 132 Å². The number of imidazole rings is 1. The van der Waals surface area contributed by atoms with Gasteiger partial charge in [-0.25, -0.2) is 4.98 Å². The highest BCUT2D eigenvalue weighted by Gasteiger charge is 2.20. The molecule has 0 amide bonds. The predicted octanol–water partition coefficient (Wildman–Crippen LogP) is 1.09. The number of carbonyl (C=O) groups is 1. The Balaban J connectivity index is 1.58. The van der Waals surface area contributed by atoms with Crippen molar-refractivity contribution >= 4 is 28.6 Å². The lowest BCUT2D eigenvalue weighted by molar-refractivity contribution is -0.138. The summed E-state index contributed by atoms with van der Waals surface area (Å²) in [5, 5.41) is 8.86. The first kappa shape index (κ1) is 14.0. The van der Waals surface area contributed by atoms with E-state index in [-0.39, 0.29) is 6.54 Å². The molecule has 0 radical (unpaired) electrons. The number of anilines is 1. The van der Waals surface area contributed by atoms with E-state index in [2.05, 4.69) is 14.9 Å². The normalized spacial score (nSPS) is 16.3. The molecule has 0 saturated carbocycles. The minimum Gasteiger partial charge on any atom is -0.480 e. The van der Waals surface area contributed by atoms with Gasteiger partial charge in [-0.2, -0.15) is 4.98 Å². The van der Waals surface area contributed by atoms with E-state index >= 15 is 0 Å². The molecule has 3 aromatic rings. The molecule has 2 aromatic heterocycles. The second-order valence-electron chi connectivity index (χ2n) is 5.71. The van der Waals surface area contributed by atoms with Crippen molar-refractivity contribution in [3.63, 3.8) is 0 Å². The number of benzene rings is 1. The van der Waals surface area contributed by atoms with E-state index in [0.29, 0.717) is 5.78 Å². The molecule has 7 nitrogen and oxygen atoms in total. The Morgan fingerprint density at radius 1 is 1.09 bits per heavy atom. The summed E-state index contributed by atoms with van der Waals surface area (Å²) in [5.74, 6) is 0.807. The third-order valence-electron chi connectivity index (χ3n) is 4.22. The lowest BCUT2D eigenvalue weighted by Crippen LogP contribution is -2.48. The van der Waals surface area contributed by atoms with Gasteiger partial charge in [-0.15, -0.1) is 0 Å². The SMILES string of the molecule is O=C(O)CN1CCN(c2ccn3c(n2)nc2ccccc23)CC1. The zero-order chi connectivity index (χ0) is 15.8. The molecule has 1 saturated heterocycles. The minimum absolute atomic E-state index is 0.103. The Morgan fingerprint density at radius 2 is 1.87 bits per heavy atom. The molecule has 0 spiro atoms. The van der Waals surface area contributed by atoms with Crippen LogP contribution in [0, 0.1) is 0 Å². The molecule has 1 fully saturated rings. The van der Waals surface area contributed by atoms with Crippen molar-refractivity contribution < 1.29 is 9.90 Å². The molecule has 4 rings (SSSR count). The van der Waals surface area contributed by atoms with Crippen LogP contribution in [0.4, 0.5) is 5.82 Å². The number of piperazine rings is 1. The molecule has 0 atom stereocenters. The van der Waals surface area contributed by atoms with E-state index in [0.717, 1.165) is 43.0 Å². The number of fused-ring (bicyclic) bond motifs is 3. The smallest absolute Gasteiger partial charge is 0.317 e. The molecule has 118 valence electrons. The summed E-state index contributed by atoms with van der Waals surface area (Å²) in [4.78, 5) is 24.1. The average molecular weight is 311 g/mol. The molecule has 1 N–H and O–H groups in total. The van der Waals surface area contributed by atoms with E-state index in [1.54, 1.807) is 0 Å². The summed E-state index contributed by atoms with van der Waals surface area (Å²) in [5.41, 5.74) is 1.98. The van der Waals surface area contributed by atoms with Crippen LogP contribution in [0.15, 0.2) is 36.5 Å². The number of aliphatic carboxylic acids is 1. The van der Waals surface area contributed by atoms with Crippen LogP contribution in [0.1, 0.15) is 0 Å². The fourth-order valence-electron chi connectivity index (χ4n) is 3.04. The molecule has 1 aliphatic rings. The van der Waals surface area contributed by atoms with E-state index < -0.39 is 5.97 Å². The lowest BCUT2D eigenvalue weighted by Gasteiger charge is -2.34. The number of hydrogen-bond acceptors (Lipinski definition) is 5. The third-order valence-corrected chi connectivity index (χ3v) is 4.22. The average Bonchev–Trinajstić information content (AvgIpc) is 2.92. The van der Waals surface area contributed by atoms with Crippen molar-refractivity contribution in [3.8, 4) is 0 Å². The van der Waals surface area contributed by atoms with Crippen LogP contribution in [0.5, 0.6) is 0 Å². The van der Waals surface area contributed by atoms with Crippen LogP contribution < -0.4 is 4.90 Å². The van der Waals surface area contributed by atoms with Crippen molar-refractivity contribution in [2.45, 2.75) is 0 Å². The largest absolute Gasteiger partial charge is 0.480 e. The fraction of sp³-hybridized carbons (Fsp3) is 0.312. The van der Waals surface area contributed by atoms with Crippen LogP contribution >= 0.6 is 0 Å². The fourth-order valence-corrected chi connectivity index (χ4v) is 3.04. The quantitative estimate of drug-likeness (QED) is 0.780. The molecule has 0 bridgehead atoms. The first-order valence-electron chi connectivity index (χ1n) is 7.64. The zero-order valence-corrected chi connectivity index (χ0v) is 12.6. The topological polar surface area (TPSA) is 74.0 Å². The Kier molecular flexibility index (Phi) is 3.34. The predicted molar refractivity (Wildman–Crippen MR) is 86.8 cm³/mol. The molecule has 1 aliphatic heterocycles. The lowest BCUT2D eigenvalue weighted by atomic mass is 10.3. The van der Waals surface area contributed by atoms with Gasteiger partial charge >= 0.3 is 5.97 Å². The molecule has 7 heteroatoms. The van der Waals surface area contributed by atoms with Gasteiger partial charge in [0.05, 0.1) is 17.6 Å². The van der Waals surface area contributed by atoms with Gasteiger partial charge in [0.1, 0.15) is 5.82 Å². The number of nitrogens with zero attached hydrogens (tertiary/aromatic N) is 5. The second-order valence-corrected chi connectivity index (χ2v) is 5.71. The second kappa shape index (κ2) is 5.51. The summed E-state index contributed by atoms with van der Waals surface area (Å²) in [6.45, 7) is 3.12. The highest BCUT2D eigenvalue weighted by Crippen LogP contribution is 2.19. The molecule has 1 aromatic carbocycles. The standard InChI is InChI=1S/C16H17N5O2/c22-15(23)11-19-7-9-20(10-8-19)14-5-6-21-13-4-2-1-3-12(13)17-16(21)18-14/h1-6H,7-11H2,(H,22,23). The summed E-state index contributed by atoms with van der Waals surface area (Å²) >= 11 is 0. The highest BCUT2D eigenvalue weighted by atomic mass is 16.4. The van der Waals surface area contributed by atoms with Crippen molar-refractivity contribution in [2.75, 3.05) is 37.6 Å². The number of carboxylic acid groups (broad SMARTS) is 1. The zero-order valence-electron chi connectivity index (χ0n) is 12.6. The van der Waals surface area contributed by atoms with Gasteiger partial charge in [0.15, 0.2) is 0 Å². The van der Waals surface area contributed by atoms with Crippen LogP contribution in [-0.2, 0) is 4.79 Å². The molecular formula is C16H17N5O2. The van der Waals surface area contributed by atoms with E-state index in [9.17, 15) is 4.79 Å². The van der Waals surface area contributed by atoms with Crippen molar-refractivity contribution in [1.82, 2.24) is 19.3 Å². The van der Waals surface area contributed by atoms with Gasteiger partial charge < -0.3 is 10.0 Å². The Morgan fingerprint density at radius 3 is 2.65 bits per heavy atom. The summed E-state index contributed by atoms with van der Waals surface area (Å²) in [7, 11) is 0. The van der Waals surface area contributed by atoms with Gasteiger partial charge in [-0.1, -0.05) is 12.1 Å². The van der Waals surface area contributed by atoms with Crippen molar-refractivity contribution in [1.29, 1.82) is 0 Å².